The van der Waals surface area contributed by atoms with Crippen molar-refractivity contribution in [1.29, 1.82) is 0 Å². The van der Waals surface area contributed by atoms with Crippen molar-refractivity contribution in [3.05, 3.63) is 119 Å². The molecule has 0 radical (unpaired) electrons. The predicted octanol–water partition coefficient (Wildman–Crippen LogP) is 7.77. The molecule has 8 heteroatoms. The normalized spacial score (nSPS) is 13.4. The summed E-state index contributed by atoms with van der Waals surface area (Å²) in [5.41, 5.74) is 0.347. The molecule has 1 fully saturated rings. The van der Waals surface area contributed by atoms with E-state index in [0.29, 0.717) is 23.7 Å². The zero-order valence-corrected chi connectivity index (χ0v) is 23.5. The molecule has 4 aromatic carbocycles. The van der Waals surface area contributed by atoms with Crippen molar-refractivity contribution in [3.63, 3.8) is 0 Å². The van der Waals surface area contributed by atoms with Crippen molar-refractivity contribution >= 4 is 33.2 Å². The summed E-state index contributed by atoms with van der Waals surface area (Å²) < 4.78 is 41.8. The van der Waals surface area contributed by atoms with Crippen LogP contribution >= 0.6 is 11.3 Å². The first-order valence-electron chi connectivity index (χ1n) is 13.7. The Morgan fingerprint density at radius 1 is 0.857 bits per heavy atom. The molecule has 1 saturated heterocycles. The number of nitrogens with zero attached hydrogens (tertiary/aromatic N) is 1. The van der Waals surface area contributed by atoms with Crippen molar-refractivity contribution in [2.75, 3.05) is 26.2 Å². The number of halogens is 2. The van der Waals surface area contributed by atoms with Gasteiger partial charge in [-0.3, -0.25) is 9.69 Å². The molecular formula is C34H27F2NO4S. The molecule has 0 spiro atoms. The highest BCUT2D eigenvalue weighted by Crippen LogP contribution is 2.35. The van der Waals surface area contributed by atoms with Gasteiger partial charge in [-0.25, -0.2) is 13.6 Å². The summed E-state index contributed by atoms with van der Waals surface area (Å²) in [6.45, 7) is 3.51. The minimum absolute atomic E-state index is 0.0248. The fraction of sp³-hybridized carbons (Fsp3) is 0.176. The van der Waals surface area contributed by atoms with E-state index in [9.17, 15) is 14.0 Å². The van der Waals surface area contributed by atoms with Crippen LogP contribution in [0.25, 0.3) is 21.2 Å². The van der Waals surface area contributed by atoms with Crippen molar-refractivity contribution in [2.45, 2.75) is 12.8 Å². The van der Waals surface area contributed by atoms with Crippen LogP contribution in [-0.2, 0) is 0 Å². The Bertz CT molecular complexity index is 1740. The lowest BCUT2D eigenvalue weighted by Gasteiger charge is -2.17. The molecule has 6 rings (SSSR count). The van der Waals surface area contributed by atoms with Crippen molar-refractivity contribution in [3.8, 4) is 22.6 Å². The van der Waals surface area contributed by atoms with Gasteiger partial charge < -0.3 is 9.47 Å². The van der Waals surface area contributed by atoms with Crippen LogP contribution in [0.3, 0.4) is 0 Å². The molecule has 0 aliphatic carbocycles. The molecule has 5 nitrogen and oxygen atoms in total. The van der Waals surface area contributed by atoms with E-state index in [4.69, 9.17) is 9.47 Å². The Labute approximate surface area is 245 Å². The van der Waals surface area contributed by atoms with E-state index in [1.807, 2.05) is 17.5 Å². The van der Waals surface area contributed by atoms with E-state index in [0.717, 1.165) is 47.9 Å². The summed E-state index contributed by atoms with van der Waals surface area (Å²) in [5, 5.41) is 2.68. The summed E-state index contributed by atoms with van der Waals surface area (Å²) in [6.07, 6.45) is 2.41. The average molecular weight is 584 g/mol. The van der Waals surface area contributed by atoms with Gasteiger partial charge in [-0.2, -0.15) is 0 Å². The van der Waals surface area contributed by atoms with E-state index >= 15 is 4.39 Å². The number of ketones is 1. The number of thiophene rings is 1. The number of likely N-dealkylation sites (tertiary alicyclic amines) is 1. The number of hydrogen-bond donors (Lipinski definition) is 0. The van der Waals surface area contributed by atoms with Gasteiger partial charge in [-0.1, -0.05) is 18.2 Å². The zero-order chi connectivity index (χ0) is 29.1. The second-order valence-electron chi connectivity index (χ2n) is 10.1. The van der Waals surface area contributed by atoms with E-state index < -0.39 is 23.4 Å². The number of hydrogen-bond acceptors (Lipinski definition) is 6. The molecule has 0 atom stereocenters. The van der Waals surface area contributed by atoms with Crippen LogP contribution < -0.4 is 9.47 Å². The van der Waals surface area contributed by atoms with E-state index in [-0.39, 0.29) is 22.3 Å². The maximum Gasteiger partial charge on any atom is 0.344 e. The zero-order valence-electron chi connectivity index (χ0n) is 22.6. The van der Waals surface area contributed by atoms with E-state index in [2.05, 4.69) is 4.90 Å². The standard InChI is InChI=1S/C34H27F2NO4S/c35-24-10-6-23(7-11-24)33(38)32-28(36)15-14-27(34(39)41-29-4-3-5-30-26(29)16-21-42-30)31(32)22-8-12-25(13-9-22)40-20-19-37-17-1-2-18-37/h3-16,21H,1-2,17-20H2. The number of carbonyl (C=O) groups is 2. The first-order chi connectivity index (χ1) is 20.5. The summed E-state index contributed by atoms with van der Waals surface area (Å²) in [7, 11) is 0. The van der Waals surface area contributed by atoms with Gasteiger partial charge >= 0.3 is 5.97 Å². The van der Waals surface area contributed by atoms with Gasteiger partial charge in [-0.15, -0.1) is 11.3 Å². The highest BCUT2D eigenvalue weighted by Gasteiger charge is 2.27. The second kappa shape index (κ2) is 12.2. The Hall–Kier alpha value is -4.40. The molecule has 42 heavy (non-hydrogen) atoms. The molecule has 0 unspecified atom stereocenters. The summed E-state index contributed by atoms with van der Waals surface area (Å²) in [6, 6.07) is 21.4. The Morgan fingerprint density at radius 3 is 2.38 bits per heavy atom. The molecule has 0 bridgehead atoms. The van der Waals surface area contributed by atoms with Gasteiger partial charge in [0.1, 0.15) is 29.7 Å². The smallest absolute Gasteiger partial charge is 0.344 e. The van der Waals surface area contributed by atoms with Crippen molar-refractivity contribution < 1.29 is 27.8 Å². The Balaban J connectivity index is 1.37. The third-order valence-corrected chi connectivity index (χ3v) is 8.27. The van der Waals surface area contributed by atoms with Crippen molar-refractivity contribution in [2.24, 2.45) is 0 Å². The summed E-state index contributed by atoms with van der Waals surface area (Å²) >= 11 is 1.52. The minimum atomic E-state index is -0.804. The molecule has 0 N–H and O–H groups in total. The topological polar surface area (TPSA) is 55.8 Å². The molecule has 5 aromatic rings. The Morgan fingerprint density at radius 2 is 1.62 bits per heavy atom. The second-order valence-corrected chi connectivity index (χ2v) is 11.0. The maximum atomic E-state index is 15.5. The monoisotopic (exact) mass is 583 g/mol. The van der Waals surface area contributed by atoms with Gasteiger partial charge in [0, 0.05) is 27.8 Å². The number of fused-ring (bicyclic) bond motifs is 1. The lowest BCUT2D eigenvalue weighted by Crippen LogP contribution is -2.25. The quantitative estimate of drug-likeness (QED) is 0.101. The average Bonchev–Trinajstić information content (AvgIpc) is 3.70. The largest absolute Gasteiger partial charge is 0.492 e. The first kappa shape index (κ1) is 27.8. The molecule has 1 aliphatic heterocycles. The van der Waals surface area contributed by atoms with Crippen LogP contribution in [0.15, 0.2) is 90.3 Å². The van der Waals surface area contributed by atoms with E-state index in [1.165, 1.54) is 42.4 Å². The predicted molar refractivity (Wildman–Crippen MR) is 160 cm³/mol. The third-order valence-electron chi connectivity index (χ3n) is 7.38. The molecule has 212 valence electrons. The lowest BCUT2D eigenvalue weighted by molar-refractivity contribution is 0.0738. The molecule has 1 aromatic heterocycles. The highest BCUT2D eigenvalue weighted by molar-refractivity contribution is 7.17. The SMILES string of the molecule is O=C(Oc1cccc2sccc12)c1ccc(F)c(C(=O)c2ccc(F)cc2)c1-c1ccc(OCCN2CCCC2)cc1. The lowest BCUT2D eigenvalue weighted by atomic mass is 9.89. The number of rotatable bonds is 9. The molecular weight excluding hydrogens is 556 g/mol. The van der Waals surface area contributed by atoms with Crippen LogP contribution in [0.1, 0.15) is 39.1 Å². The number of esters is 1. The number of carbonyl (C=O) groups excluding carboxylic acids is 2. The van der Waals surface area contributed by atoms with E-state index in [1.54, 1.807) is 36.4 Å². The van der Waals surface area contributed by atoms with Crippen LogP contribution in [0, 0.1) is 11.6 Å². The fourth-order valence-corrected chi connectivity index (χ4v) is 6.05. The molecule has 0 amide bonds. The summed E-state index contributed by atoms with van der Waals surface area (Å²) in [4.78, 5) is 29.6. The van der Waals surface area contributed by atoms with Crippen LogP contribution in [-0.4, -0.2) is 42.9 Å². The van der Waals surface area contributed by atoms with Crippen LogP contribution in [0.4, 0.5) is 8.78 Å². The Kier molecular flexibility index (Phi) is 8.08. The van der Waals surface area contributed by atoms with Crippen molar-refractivity contribution in [1.82, 2.24) is 4.90 Å². The molecule has 2 heterocycles. The third kappa shape index (κ3) is 5.82. The van der Waals surface area contributed by atoms with Crippen LogP contribution in [0.2, 0.25) is 0 Å². The molecule has 0 saturated carbocycles. The molecule has 1 aliphatic rings. The van der Waals surface area contributed by atoms with Gasteiger partial charge in [0.15, 0.2) is 5.78 Å². The number of ether oxygens (including phenoxy) is 2. The minimum Gasteiger partial charge on any atom is -0.492 e. The van der Waals surface area contributed by atoms with Gasteiger partial charge in [-0.05, 0) is 104 Å². The highest BCUT2D eigenvalue weighted by atomic mass is 32.1. The number of benzene rings is 4. The van der Waals surface area contributed by atoms with Gasteiger partial charge in [0.05, 0.1) is 11.1 Å². The van der Waals surface area contributed by atoms with Gasteiger partial charge in [0.2, 0.25) is 0 Å². The summed E-state index contributed by atoms with van der Waals surface area (Å²) in [5.74, 6) is -1.75. The first-order valence-corrected chi connectivity index (χ1v) is 14.6. The van der Waals surface area contributed by atoms with Gasteiger partial charge in [0.25, 0.3) is 0 Å². The fourth-order valence-electron chi connectivity index (χ4n) is 5.24. The van der Waals surface area contributed by atoms with Crippen LogP contribution in [0.5, 0.6) is 11.5 Å². The maximum absolute atomic E-state index is 15.5.